The second-order valence-corrected chi connectivity index (χ2v) is 5.03. The van der Waals surface area contributed by atoms with Crippen LogP contribution in [0.25, 0.3) is 5.69 Å². The van der Waals surface area contributed by atoms with Crippen molar-refractivity contribution in [2.75, 3.05) is 5.32 Å². The van der Waals surface area contributed by atoms with Crippen LogP contribution in [-0.4, -0.2) is 14.5 Å². The molecule has 4 heteroatoms. The lowest BCUT2D eigenvalue weighted by Gasteiger charge is -2.15. The molecule has 0 saturated carbocycles. The maximum absolute atomic E-state index is 4.58. The first-order chi connectivity index (χ1) is 10.2. The Morgan fingerprint density at radius 1 is 1.05 bits per heavy atom. The van der Waals surface area contributed by atoms with E-state index in [9.17, 15) is 0 Å². The van der Waals surface area contributed by atoms with E-state index < -0.39 is 0 Å². The lowest BCUT2D eigenvalue weighted by Crippen LogP contribution is -2.12. The van der Waals surface area contributed by atoms with E-state index in [0.29, 0.717) is 0 Å². The fourth-order valence-electron chi connectivity index (χ4n) is 2.28. The molecule has 0 saturated heterocycles. The molecule has 2 aromatic heterocycles. The molecule has 0 aliphatic heterocycles. The van der Waals surface area contributed by atoms with Crippen LogP contribution in [0.1, 0.15) is 24.4 Å². The quantitative estimate of drug-likeness (QED) is 0.790. The van der Waals surface area contributed by atoms with Crippen LogP contribution >= 0.6 is 0 Å². The lowest BCUT2D eigenvalue weighted by molar-refractivity contribution is 0.815. The van der Waals surface area contributed by atoms with Crippen molar-refractivity contribution >= 4 is 5.95 Å². The number of benzene rings is 1. The van der Waals surface area contributed by atoms with Gasteiger partial charge < -0.3 is 5.32 Å². The average Bonchev–Trinajstić information content (AvgIpc) is 2.89. The van der Waals surface area contributed by atoms with Gasteiger partial charge in [0, 0.05) is 18.1 Å². The highest BCUT2D eigenvalue weighted by Crippen LogP contribution is 2.20. The molecule has 0 aliphatic rings. The molecule has 1 N–H and O–H groups in total. The average molecular weight is 278 g/mol. The van der Waals surface area contributed by atoms with Crippen molar-refractivity contribution in [2.45, 2.75) is 19.9 Å². The highest BCUT2D eigenvalue weighted by molar-refractivity contribution is 5.44. The highest BCUT2D eigenvalue weighted by atomic mass is 15.2. The van der Waals surface area contributed by atoms with E-state index in [1.165, 1.54) is 0 Å². The third-order valence-electron chi connectivity index (χ3n) is 3.34. The van der Waals surface area contributed by atoms with Crippen LogP contribution < -0.4 is 5.32 Å². The Morgan fingerprint density at radius 3 is 2.52 bits per heavy atom. The molecule has 0 radical (unpaired) electrons. The van der Waals surface area contributed by atoms with Gasteiger partial charge >= 0.3 is 0 Å². The number of aromatic nitrogens is 3. The molecule has 3 aromatic rings. The zero-order valence-corrected chi connectivity index (χ0v) is 12.2. The van der Waals surface area contributed by atoms with Crippen molar-refractivity contribution in [3.05, 3.63) is 72.3 Å². The maximum atomic E-state index is 4.58. The molecule has 0 bridgehead atoms. The molecule has 0 amide bonds. The SMILES string of the molecule is Cc1cn(-c2ccccc2)c(NC(C)c2ccccn2)n1. The minimum atomic E-state index is 0.0930. The summed E-state index contributed by atoms with van der Waals surface area (Å²) in [6.45, 7) is 4.08. The van der Waals surface area contributed by atoms with Crippen LogP contribution in [0.3, 0.4) is 0 Å². The van der Waals surface area contributed by atoms with Gasteiger partial charge in [0.1, 0.15) is 0 Å². The third kappa shape index (κ3) is 2.94. The topological polar surface area (TPSA) is 42.7 Å². The van der Waals surface area contributed by atoms with Gasteiger partial charge in [0.2, 0.25) is 5.95 Å². The van der Waals surface area contributed by atoms with Crippen LogP contribution in [0.15, 0.2) is 60.9 Å². The number of aryl methyl sites for hydroxylation is 1. The minimum Gasteiger partial charge on any atom is -0.347 e. The summed E-state index contributed by atoms with van der Waals surface area (Å²) in [7, 11) is 0. The van der Waals surface area contributed by atoms with Gasteiger partial charge in [-0.1, -0.05) is 24.3 Å². The van der Waals surface area contributed by atoms with E-state index in [1.807, 2.05) is 55.7 Å². The number of hydrogen-bond acceptors (Lipinski definition) is 3. The van der Waals surface area contributed by atoms with E-state index in [-0.39, 0.29) is 6.04 Å². The summed E-state index contributed by atoms with van der Waals surface area (Å²) in [5, 5.41) is 3.44. The van der Waals surface area contributed by atoms with Gasteiger partial charge in [-0.3, -0.25) is 9.55 Å². The molecule has 2 heterocycles. The molecule has 0 fully saturated rings. The van der Waals surface area contributed by atoms with Crippen LogP contribution in [0.5, 0.6) is 0 Å². The minimum absolute atomic E-state index is 0.0930. The fourth-order valence-corrected chi connectivity index (χ4v) is 2.28. The van der Waals surface area contributed by atoms with Crippen molar-refractivity contribution in [3.63, 3.8) is 0 Å². The lowest BCUT2D eigenvalue weighted by atomic mass is 10.2. The molecular weight excluding hydrogens is 260 g/mol. The van der Waals surface area contributed by atoms with Gasteiger partial charge in [-0.15, -0.1) is 0 Å². The van der Waals surface area contributed by atoms with E-state index in [1.54, 1.807) is 0 Å². The van der Waals surface area contributed by atoms with Gasteiger partial charge in [0.25, 0.3) is 0 Å². The van der Waals surface area contributed by atoms with Crippen molar-refractivity contribution < 1.29 is 0 Å². The summed E-state index contributed by atoms with van der Waals surface area (Å²) in [6, 6.07) is 16.2. The fraction of sp³-hybridized carbons (Fsp3) is 0.176. The van der Waals surface area contributed by atoms with E-state index in [0.717, 1.165) is 23.0 Å². The Balaban J connectivity index is 1.90. The number of rotatable bonds is 4. The number of para-hydroxylation sites is 1. The molecular formula is C17H18N4. The maximum Gasteiger partial charge on any atom is 0.208 e. The molecule has 1 atom stereocenters. The number of nitrogens with one attached hydrogen (secondary N) is 1. The first-order valence-corrected chi connectivity index (χ1v) is 7.03. The summed E-state index contributed by atoms with van der Waals surface area (Å²) >= 11 is 0. The number of hydrogen-bond donors (Lipinski definition) is 1. The molecule has 106 valence electrons. The number of pyridine rings is 1. The highest BCUT2D eigenvalue weighted by Gasteiger charge is 2.12. The zero-order chi connectivity index (χ0) is 14.7. The second-order valence-electron chi connectivity index (χ2n) is 5.03. The third-order valence-corrected chi connectivity index (χ3v) is 3.34. The summed E-state index contributed by atoms with van der Waals surface area (Å²) in [4.78, 5) is 8.96. The zero-order valence-electron chi connectivity index (χ0n) is 12.2. The molecule has 0 aliphatic carbocycles. The van der Waals surface area contributed by atoms with Crippen LogP contribution in [-0.2, 0) is 0 Å². The summed E-state index contributed by atoms with van der Waals surface area (Å²) < 4.78 is 2.06. The van der Waals surface area contributed by atoms with Crippen LogP contribution in [0.2, 0.25) is 0 Å². The van der Waals surface area contributed by atoms with E-state index >= 15 is 0 Å². The molecule has 1 aromatic carbocycles. The Hall–Kier alpha value is -2.62. The van der Waals surface area contributed by atoms with Crippen molar-refractivity contribution in [3.8, 4) is 5.69 Å². The monoisotopic (exact) mass is 278 g/mol. The van der Waals surface area contributed by atoms with E-state index in [2.05, 4.69) is 38.9 Å². The molecule has 1 unspecified atom stereocenters. The Morgan fingerprint density at radius 2 is 1.81 bits per heavy atom. The Bertz CT molecular complexity index is 704. The van der Waals surface area contributed by atoms with Gasteiger partial charge in [0.15, 0.2) is 0 Å². The number of nitrogens with zero attached hydrogens (tertiary/aromatic N) is 3. The first kappa shape index (κ1) is 13.4. The Labute approximate surface area is 124 Å². The second kappa shape index (κ2) is 5.79. The number of imidazole rings is 1. The van der Waals surface area contributed by atoms with Crippen molar-refractivity contribution in [1.29, 1.82) is 0 Å². The van der Waals surface area contributed by atoms with Gasteiger partial charge in [-0.25, -0.2) is 4.98 Å². The predicted molar refractivity (Wildman–Crippen MR) is 84.6 cm³/mol. The Kier molecular flexibility index (Phi) is 3.69. The smallest absolute Gasteiger partial charge is 0.208 e. The summed E-state index contributed by atoms with van der Waals surface area (Å²) in [6.07, 6.45) is 3.84. The normalized spacial score (nSPS) is 12.1. The molecule has 4 nitrogen and oxygen atoms in total. The largest absolute Gasteiger partial charge is 0.347 e. The number of anilines is 1. The van der Waals surface area contributed by atoms with Crippen LogP contribution in [0, 0.1) is 6.92 Å². The molecule has 21 heavy (non-hydrogen) atoms. The van der Waals surface area contributed by atoms with Gasteiger partial charge in [-0.05, 0) is 38.1 Å². The summed E-state index contributed by atoms with van der Waals surface area (Å²) in [5.74, 6) is 0.830. The van der Waals surface area contributed by atoms with Gasteiger partial charge in [-0.2, -0.15) is 0 Å². The molecule has 0 spiro atoms. The first-order valence-electron chi connectivity index (χ1n) is 7.03. The van der Waals surface area contributed by atoms with Crippen LogP contribution in [0.4, 0.5) is 5.95 Å². The standard InChI is InChI=1S/C17H18N4/c1-13-12-21(15-8-4-3-5-9-15)17(19-13)20-14(2)16-10-6-7-11-18-16/h3-12,14H,1-2H3,(H,19,20). The van der Waals surface area contributed by atoms with Crippen molar-refractivity contribution in [1.82, 2.24) is 14.5 Å². The predicted octanol–water partition coefficient (Wildman–Crippen LogP) is 3.75. The summed E-state index contributed by atoms with van der Waals surface area (Å²) in [5.41, 5.74) is 3.07. The van der Waals surface area contributed by atoms with E-state index in [4.69, 9.17) is 0 Å². The van der Waals surface area contributed by atoms with Gasteiger partial charge in [0.05, 0.1) is 17.4 Å². The molecule has 3 rings (SSSR count). The van der Waals surface area contributed by atoms with Crippen molar-refractivity contribution in [2.24, 2.45) is 0 Å².